The third kappa shape index (κ3) is 3.10. The summed E-state index contributed by atoms with van der Waals surface area (Å²) in [5, 5.41) is 5.17. The predicted octanol–water partition coefficient (Wildman–Crippen LogP) is 3.29. The van der Waals surface area contributed by atoms with Gasteiger partial charge >= 0.3 is 0 Å². The van der Waals surface area contributed by atoms with Gasteiger partial charge < -0.3 is 5.32 Å². The zero-order valence-corrected chi connectivity index (χ0v) is 15.5. The number of nitrogens with zero attached hydrogens (tertiary/aromatic N) is 3. The molecule has 29 heavy (non-hydrogen) atoms. The molecule has 2 N–H and O–H groups in total. The number of nitrogens with one attached hydrogen (secondary N) is 2. The molecule has 0 aliphatic rings. The van der Waals surface area contributed by atoms with Crippen LogP contribution in [-0.4, -0.2) is 20.9 Å². The second-order valence-electron chi connectivity index (χ2n) is 6.75. The van der Waals surface area contributed by atoms with E-state index < -0.39 is 0 Å². The number of imidazole rings is 1. The number of amides is 1. The van der Waals surface area contributed by atoms with Crippen molar-refractivity contribution >= 4 is 22.2 Å². The van der Waals surface area contributed by atoms with Crippen LogP contribution in [0.3, 0.4) is 0 Å². The highest BCUT2D eigenvalue weighted by atomic mass is 16.1. The fourth-order valence-electron chi connectivity index (χ4n) is 3.56. The maximum atomic E-state index is 13.0. The molecule has 1 amide bonds. The second-order valence-corrected chi connectivity index (χ2v) is 6.75. The minimum Gasteiger partial charge on any atom is -0.345 e. The monoisotopic (exact) mass is 380 g/mol. The largest absolute Gasteiger partial charge is 0.345 e. The number of aromatic nitrogens is 4. The number of benzene rings is 1. The van der Waals surface area contributed by atoms with Crippen molar-refractivity contribution < 1.29 is 9.20 Å². The summed E-state index contributed by atoms with van der Waals surface area (Å²) in [4.78, 5) is 24.8. The number of aromatic amines is 1. The van der Waals surface area contributed by atoms with Gasteiger partial charge in [0.05, 0.1) is 11.8 Å². The lowest BCUT2D eigenvalue weighted by atomic mass is 10.1. The number of rotatable bonds is 4. The molecule has 0 saturated heterocycles. The Balaban J connectivity index is 1.49. The van der Waals surface area contributed by atoms with E-state index in [2.05, 4.69) is 20.3 Å². The van der Waals surface area contributed by atoms with E-state index in [0.717, 1.165) is 33.2 Å². The van der Waals surface area contributed by atoms with Gasteiger partial charge in [0.25, 0.3) is 11.7 Å². The van der Waals surface area contributed by atoms with Crippen molar-refractivity contribution in [3.05, 3.63) is 96.8 Å². The summed E-state index contributed by atoms with van der Waals surface area (Å²) >= 11 is 0. The van der Waals surface area contributed by atoms with Crippen LogP contribution in [0.1, 0.15) is 16.1 Å². The average molecular weight is 380 g/mol. The number of carbonyl (C=O) groups is 1. The van der Waals surface area contributed by atoms with Gasteiger partial charge in [-0.2, -0.15) is 4.40 Å². The van der Waals surface area contributed by atoms with Gasteiger partial charge in [0.2, 0.25) is 5.69 Å². The maximum absolute atomic E-state index is 13.0. The molecule has 6 nitrogen and oxygen atoms in total. The molecule has 0 radical (unpaired) electrons. The first-order valence-electron chi connectivity index (χ1n) is 9.34. The standard InChI is InChI=1S/C23H17N5O/c29-23(26-15-18-14-25-12-16-6-1-2-8-19(16)18)21-20-9-3-4-11-28(20)22(27-21)17-7-5-10-24-13-17/h1-14H,15H2,(H,26,29)/p+1. The Bertz CT molecular complexity index is 1320. The molecule has 0 saturated carbocycles. The number of pyridine rings is 3. The van der Waals surface area contributed by atoms with E-state index >= 15 is 0 Å². The van der Waals surface area contributed by atoms with Crippen molar-refractivity contribution in [2.45, 2.75) is 6.54 Å². The Labute approximate surface area is 166 Å². The van der Waals surface area contributed by atoms with E-state index in [1.807, 2.05) is 71.4 Å². The molecular weight excluding hydrogens is 362 g/mol. The van der Waals surface area contributed by atoms with E-state index in [4.69, 9.17) is 0 Å². The fourth-order valence-corrected chi connectivity index (χ4v) is 3.56. The quantitative estimate of drug-likeness (QED) is 0.470. The van der Waals surface area contributed by atoms with Gasteiger partial charge in [-0.15, -0.1) is 0 Å². The Kier molecular flexibility index (Phi) is 4.22. The minimum absolute atomic E-state index is 0.170. The summed E-state index contributed by atoms with van der Waals surface area (Å²) in [5.74, 6) is 0.641. The van der Waals surface area contributed by atoms with Gasteiger partial charge in [0.1, 0.15) is 0 Å². The summed E-state index contributed by atoms with van der Waals surface area (Å²) < 4.78 is 1.96. The lowest BCUT2D eigenvalue weighted by Gasteiger charge is -2.06. The van der Waals surface area contributed by atoms with Crippen LogP contribution in [0.25, 0.3) is 27.7 Å². The highest BCUT2D eigenvalue weighted by molar-refractivity contribution is 5.98. The average Bonchev–Trinajstić information content (AvgIpc) is 3.18. The Morgan fingerprint density at radius 3 is 2.76 bits per heavy atom. The highest BCUT2D eigenvalue weighted by Crippen LogP contribution is 2.18. The van der Waals surface area contributed by atoms with E-state index in [0.29, 0.717) is 12.2 Å². The lowest BCUT2D eigenvalue weighted by Crippen LogP contribution is -2.25. The molecule has 6 heteroatoms. The summed E-state index contributed by atoms with van der Waals surface area (Å²) in [6.45, 7) is 0.396. The summed E-state index contributed by atoms with van der Waals surface area (Å²) in [6, 6.07) is 17.6. The first-order valence-corrected chi connectivity index (χ1v) is 9.34. The number of hydrogen-bond acceptors (Lipinski definition) is 3. The van der Waals surface area contributed by atoms with Crippen molar-refractivity contribution in [1.82, 2.24) is 20.3 Å². The van der Waals surface area contributed by atoms with Crippen LogP contribution in [0.4, 0.5) is 0 Å². The van der Waals surface area contributed by atoms with E-state index in [1.54, 1.807) is 18.6 Å². The summed E-state index contributed by atoms with van der Waals surface area (Å²) in [7, 11) is 0. The van der Waals surface area contributed by atoms with E-state index in [9.17, 15) is 4.79 Å². The zero-order chi connectivity index (χ0) is 19.6. The molecule has 0 aliphatic carbocycles. The zero-order valence-electron chi connectivity index (χ0n) is 15.5. The smallest absolute Gasteiger partial charge is 0.295 e. The van der Waals surface area contributed by atoms with Crippen LogP contribution in [-0.2, 0) is 6.54 Å². The van der Waals surface area contributed by atoms with Gasteiger partial charge in [-0.1, -0.05) is 30.3 Å². The van der Waals surface area contributed by atoms with Crippen molar-refractivity contribution in [2.75, 3.05) is 0 Å². The van der Waals surface area contributed by atoms with E-state index in [1.165, 1.54) is 0 Å². The minimum atomic E-state index is -0.170. The van der Waals surface area contributed by atoms with Crippen molar-refractivity contribution in [1.29, 1.82) is 0 Å². The molecule has 1 aromatic carbocycles. The lowest BCUT2D eigenvalue weighted by molar-refractivity contribution is -0.498. The molecule has 140 valence electrons. The van der Waals surface area contributed by atoms with Gasteiger partial charge in [-0.3, -0.25) is 14.8 Å². The Morgan fingerprint density at radius 1 is 0.966 bits per heavy atom. The second kappa shape index (κ2) is 7.16. The SMILES string of the molecule is O=C(NCc1cncc2ccccc12)c1[nH]c(-c2cccnc2)[n+]2ccccc12. The Hall–Kier alpha value is -4.06. The van der Waals surface area contributed by atoms with Crippen LogP contribution >= 0.6 is 0 Å². The molecule has 4 aromatic heterocycles. The Morgan fingerprint density at radius 2 is 1.86 bits per heavy atom. The first kappa shape index (κ1) is 17.1. The number of carbonyl (C=O) groups excluding carboxylic acids is 1. The van der Waals surface area contributed by atoms with Crippen LogP contribution in [0.15, 0.2) is 85.6 Å². The highest BCUT2D eigenvalue weighted by Gasteiger charge is 2.24. The first-order chi connectivity index (χ1) is 14.3. The van der Waals surface area contributed by atoms with Gasteiger partial charge in [-0.05, 0) is 35.2 Å². The van der Waals surface area contributed by atoms with Crippen LogP contribution in [0, 0.1) is 0 Å². The van der Waals surface area contributed by atoms with Crippen molar-refractivity contribution in [3.63, 3.8) is 0 Å². The summed E-state index contributed by atoms with van der Waals surface area (Å²) in [6.07, 6.45) is 9.06. The van der Waals surface area contributed by atoms with Gasteiger partial charge in [-0.25, -0.2) is 4.98 Å². The molecule has 0 fully saturated rings. The molecule has 0 aliphatic heterocycles. The van der Waals surface area contributed by atoms with Crippen LogP contribution in [0.2, 0.25) is 0 Å². The molecule has 0 unspecified atom stereocenters. The molecule has 5 aromatic rings. The van der Waals surface area contributed by atoms with Crippen LogP contribution in [0.5, 0.6) is 0 Å². The van der Waals surface area contributed by atoms with Gasteiger partial charge in [0.15, 0.2) is 5.52 Å². The van der Waals surface area contributed by atoms with Crippen molar-refractivity contribution in [2.24, 2.45) is 0 Å². The van der Waals surface area contributed by atoms with Crippen molar-refractivity contribution in [3.8, 4) is 11.4 Å². The maximum Gasteiger partial charge on any atom is 0.295 e. The molecular formula is C23H18N5O+. The number of H-pyrrole nitrogens is 1. The van der Waals surface area contributed by atoms with Crippen LogP contribution < -0.4 is 9.72 Å². The number of fused-ring (bicyclic) bond motifs is 2. The molecule has 0 bridgehead atoms. The van der Waals surface area contributed by atoms with E-state index in [-0.39, 0.29) is 5.91 Å². The number of hydrogen-bond donors (Lipinski definition) is 2. The molecule has 0 atom stereocenters. The molecule has 0 spiro atoms. The molecule has 5 rings (SSSR count). The van der Waals surface area contributed by atoms with Gasteiger partial charge in [0, 0.05) is 36.7 Å². The third-order valence-electron chi connectivity index (χ3n) is 4.95. The topological polar surface area (TPSA) is 74.8 Å². The normalized spacial score (nSPS) is 11.0. The fraction of sp³-hybridized carbons (Fsp3) is 0.0435. The molecule has 4 heterocycles. The summed E-state index contributed by atoms with van der Waals surface area (Å²) in [5.41, 5.74) is 3.20. The predicted molar refractivity (Wildman–Crippen MR) is 110 cm³/mol. The third-order valence-corrected chi connectivity index (χ3v) is 4.95.